The van der Waals surface area contributed by atoms with Crippen LogP contribution in [0.2, 0.25) is 0 Å². The first-order valence-electron chi connectivity index (χ1n) is 9.19. The lowest BCUT2D eigenvalue weighted by atomic mass is 10.0. The van der Waals surface area contributed by atoms with Gasteiger partial charge in [0.25, 0.3) is 5.91 Å². The van der Waals surface area contributed by atoms with Crippen LogP contribution in [0.25, 0.3) is 0 Å². The Bertz CT molecular complexity index is 981. The van der Waals surface area contributed by atoms with Crippen molar-refractivity contribution in [1.82, 2.24) is 0 Å². The van der Waals surface area contributed by atoms with Gasteiger partial charge in [-0.15, -0.1) is 0 Å². The van der Waals surface area contributed by atoms with Gasteiger partial charge < -0.3 is 15.0 Å². The van der Waals surface area contributed by atoms with Crippen molar-refractivity contribution < 1.29 is 9.53 Å². The minimum Gasteiger partial charge on any atom is -0.497 e. The van der Waals surface area contributed by atoms with E-state index >= 15 is 0 Å². The number of carbonyl (C=O) groups excluding carboxylic acids is 1. The number of fused-ring (bicyclic) bond motifs is 1. The smallest absolute Gasteiger partial charge is 0.262 e. The van der Waals surface area contributed by atoms with E-state index in [-0.39, 0.29) is 12.1 Å². The van der Waals surface area contributed by atoms with Gasteiger partial charge in [-0.3, -0.25) is 9.69 Å². The lowest BCUT2D eigenvalue weighted by molar-refractivity contribution is 0.0975. The van der Waals surface area contributed by atoms with E-state index in [4.69, 9.17) is 4.74 Å². The molecule has 0 aliphatic carbocycles. The lowest BCUT2D eigenvalue weighted by Crippen LogP contribution is -2.43. The van der Waals surface area contributed by atoms with E-state index in [1.165, 1.54) is 0 Å². The van der Waals surface area contributed by atoms with Crippen LogP contribution in [0.5, 0.6) is 5.75 Å². The SMILES string of the molecule is COc1ccc(N2C(=O)c3ccccc3N[C@@H]2c2ccc(N(C)C)cc2)cc1. The summed E-state index contributed by atoms with van der Waals surface area (Å²) in [6, 6.07) is 23.4. The molecule has 0 unspecified atom stereocenters. The van der Waals surface area contributed by atoms with Gasteiger partial charge in [-0.25, -0.2) is 0 Å². The number of methoxy groups -OCH3 is 1. The van der Waals surface area contributed by atoms with E-state index in [2.05, 4.69) is 34.5 Å². The zero-order valence-corrected chi connectivity index (χ0v) is 16.2. The van der Waals surface area contributed by atoms with E-state index in [1.54, 1.807) is 12.0 Å². The summed E-state index contributed by atoms with van der Waals surface area (Å²) in [4.78, 5) is 17.2. The molecule has 3 aromatic rings. The summed E-state index contributed by atoms with van der Waals surface area (Å²) in [6.45, 7) is 0. The molecule has 142 valence electrons. The Labute approximate surface area is 165 Å². The van der Waals surface area contributed by atoms with Crippen molar-refractivity contribution in [3.8, 4) is 5.75 Å². The van der Waals surface area contributed by atoms with Crippen molar-refractivity contribution in [2.75, 3.05) is 36.3 Å². The van der Waals surface area contributed by atoms with E-state index < -0.39 is 0 Å². The molecular weight excluding hydrogens is 350 g/mol. The number of benzene rings is 3. The molecule has 0 spiro atoms. The average Bonchev–Trinajstić information content (AvgIpc) is 2.74. The highest BCUT2D eigenvalue weighted by Gasteiger charge is 2.33. The molecule has 0 saturated heterocycles. The number of amides is 1. The molecule has 0 radical (unpaired) electrons. The number of hydrogen-bond acceptors (Lipinski definition) is 4. The summed E-state index contributed by atoms with van der Waals surface area (Å²) in [5.41, 5.74) is 4.46. The summed E-state index contributed by atoms with van der Waals surface area (Å²) < 4.78 is 5.26. The van der Waals surface area contributed by atoms with Gasteiger partial charge in [0.05, 0.1) is 12.7 Å². The topological polar surface area (TPSA) is 44.8 Å². The zero-order valence-electron chi connectivity index (χ0n) is 16.2. The van der Waals surface area contributed by atoms with Gasteiger partial charge in [0, 0.05) is 31.2 Å². The predicted octanol–water partition coefficient (Wildman–Crippen LogP) is 4.53. The molecule has 5 nitrogen and oxygen atoms in total. The van der Waals surface area contributed by atoms with Crippen molar-refractivity contribution in [2.24, 2.45) is 0 Å². The molecule has 1 heterocycles. The fourth-order valence-electron chi connectivity index (χ4n) is 3.45. The maximum absolute atomic E-state index is 13.4. The minimum absolute atomic E-state index is 0.0267. The van der Waals surface area contributed by atoms with E-state index in [1.807, 2.05) is 62.6 Å². The second-order valence-electron chi connectivity index (χ2n) is 6.95. The van der Waals surface area contributed by atoms with Crippen molar-refractivity contribution in [3.63, 3.8) is 0 Å². The van der Waals surface area contributed by atoms with E-state index in [0.717, 1.165) is 28.4 Å². The molecule has 1 aliphatic heterocycles. The molecule has 1 amide bonds. The molecule has 1 atom stereocenters. The van der Waals surface area contributed by atoms with Gasteiger partial charge in [0.15, 0.2) is 0 Å². The molecule has 1 aliphatic rings. The Morgan fingerprint density at radius 2 is 1.61 bits per heavy atom. The molecule has 4 rings (SSSR count). The molecule has 0 bridgehead atoms. The van der Waals surface area contributed by atoms with Gasteiger partial charge in [0.1, 0.15) is 11.9 Å². The molecule has 5 heteroatoms. The van der Waals surface area contributed by atoms with Gasteiger partial charge in [-0.1, -0.05) is 24.3 Å². The standard InChI is InChI=1S/C23H23N3O2/c1-25(2)17-10-8-16(9-11-17)22-24-21-7-5-4-6-20(21)23(27)26(22)18-12-14-19(28-3)15-13-18/h4-15,22,24H,1-3H3/t22-/m0/s1. The fourth-order valence-corrected chi connectivity index (χ4v) is 3.45. The molecule has 28 heavy (non-hydrogen) atoms. The monoisotopic (exact) mass is 373 g/mol. The normalized spacial score (nSPS) is 15.6. The third kappa shape index (κ3) is 3.16. The van der Waals surface area contributed by atoms with Crippen LogP contribution in [0.1, 0.15) is 22.1 Å². The van der Waals surface area contributed by atoms with Gasteiger partial charge in [-0.2, -0.15) is 0 Å². The van der Waals surface area contributed by atoms with Crippen molar-refractivity contribution in [1.29, 1.82) is 0 Å². The summed E-state index contributed by atoms with van der Waals surface area (Å²) in [5.74, 6) is 0.731. The maximum Gasteiger partial charge on any atom is 0.262 e. The first-order valence-corrected chi connectivity index (χ1v) is 9.19. The third-order valence-electron chi connectivity index (χ3n) is 5.00. The quantitative estimate of drug-likeness (QED) is 0.730. The first kappa shape index (κ1) is 17.9. The summed E-state index contributed by atoms with van der Waals surface area (Å²) in [5, 5.41) is 3.53. The van der Waals surface area contributed by atoms with Crippen LogP contribution in [0, 0.1) is 0 Å². The van der Waals surface area contributed by atoms with Crippen LogP contribution in [0.3, 0.4) is 0 Å². The maximum atomic E-state index is 13.4. The molecule has 3 aromatic carbocycles. The van der Waals surface area contributed by atoms with Crippen molar-refractivity contribution in [3.05, 3.63) is 83.9 Å². The highest BCUT2D eigenvalue weighted by atomic mass is 16.5. The van der Waals surface area contributed by atoms with E-state index in [9.17, 15) is 4.79 Å². The van der Waals surface area contributed by atoms with Crippen LogP contribution >= 0.6 is 0 Å². The molecular formula is C23H23N3O2. The second kappa shape index (κ2) is 7.27. The summed E-state index contributed by atoms with van der Waals surface area (Å²) >= 11 is 0. The summed E-state index contributed by atoms with van der Waals surface area (Å²) in [6.07, 6.45) is -0.299. The highest BCUT2D eigenvalue weighted by molar-refractivity contribution is 6.12. The van der Waals surface area contributed by atoms with Crippen LogP contribution in [0.15, 0.2) is 72.8 Å². The molecule has 0 saturated carbocycles. The Hall–Kier alpha value is -3.47. The molecule has 0 aromatic heterocycles. The van der Waals surface area contributed by atoms with Gasteiger partial charge >= 0.3 is 0 Å². The largest absolute Gasteiger partial charge is 0.497 e. The highest BCUT2D eigenvalue weighted by Crippen LogP contribution is 2.37. The van der Waals surface area contributed by atoms with E-state index in [0.29, 0.717) is 5.56 Å². The second-order valence-corrected chi connectivity index (χ2v) is 6.95. The van der Waals surface area contributed by atoms with Gasteiger partial charge in [0.2, 0.25) is 0 Å². The van der Waals surface area contributed by atoms with Crippen molar-refractivity contribution in [2.45, 2.75) is 6.17 Å². The number of para-hydroxylation sites is 1. The first-order chi connectivity index (χ1) is 13.6. The Morgan fingerprint density at radius 3 is 2.25 bits per heavy atom. The number of anilines is 3. The number of hydrogen-bond donors (Lipinski definition) is 1. The van der Waals surface area contributed by atoms with Crippen LogP contribution in [-0.4, -0.2) is 27.1 Å². The van der Waals surface area contributed by atoms with Crippen molar-refractivity contribution >= 4 is 23.0 Å². The number of nitrogens with zero attached hydrogens (tertiary/aromatic N) is 2. The molecule has 0 fully saturated rings. The number of carbonyl (C=O) groups is 1. The van der Waals surface area contributed by atoms with Crippen LogP contribution in [-0.2, 0) is 0 Å². The minimum atomic E-state index is -0.299. The Balaban J connectivity index is 1.79. The number of nitrogens with one attached hydrogen (secondary N) is 1. The lowest BCUT2D eigenvalue weighted by Gasteiger charge is -2.38. The fraction of sp³-hybridized carbons (Fsp3) is 0.174. The number of ether oxygens (including phenoxy) is 1. The van der Waals surface area contributed by atoms with Crippen LogP contribution < -0.4 is 19.9 Å². The van der Waals surface area contributed by atoms with Gasteiger partial charge in [-0.05, 0) is 54.1 Å². The Kier molecular flexibility index (Phi) is 4.65. The average molecular weight is 373 g/mol. The zero-order chi connectivity index (χ0) is 19.7. The third-order valence-corrected chi connectivity index (χ3v) is 5.00. The Morgan fingerprint density at radius 1 is 0.929 bits per heavy atom. The summed E-state index contributed by atoms with van der Waals surface area (Å²) in [7, 11) is 5.66. The van der Waals surface area contributed by atoms with Crippen LogP contribution in [0.4, 0.5) is 17.1 Å². The predicted molar refractivity (Wildman–Crippen MR) is 113 cm³/mol. The number of rotatable bonds is 4. The molecule has 1 N–H and O–H groups in total.